The van der Waals surface area contributed by atoms with Gasteiger partial charge in [0, 0.05) is 24.5 Å². The lowest BCUT2D eigenvalue weighted by atomic mass is 10.1. The number of hydrogen-bond acceptors (Lipinski definition) is 4. The Morgan fingerprint density at radius 1 is 1.44 bits per heavy atom. The van der Waals surface area contributed by atoms with Crippen molar-refractivity contribution < 1.29 is 19.4 Å². The Hall–Kier alpha value is -1.95. The summed E-state index contributed by atoms with van der Waals surface area (Å²) in [6, 6.07) is 1.65. The Balaban J connectivity index is 2.22. The molecule has 6 heteroatoms. The summed E-state index contributed by atoms with van der Waals surface area (Å²) in [4.78, 5) is 25.8. The van der Waals surface area contributed by atoms with Crippen LogP contribution in [0.1, 0.15) is 22.3 Å². The molecule has 0 bridgehead atoms. The van der Waals surface area contributed by atoms with Gasteiger partial charge in [0.25, 0.3) is 5.91 Å². The number of aliphatic carboxylic acids is 1. The van der Waals surface area contributed by atoms with Crippen molar-refractivity contribution in [3.63, 3.8) is 0 Å². The van der Waals surface area contributed by atoms with E-state index in [0.29, 0.717) is 18.7 Å². The van der Waals surface area contributed by atoms with Crippen LogP contribution >= 0.6 is 0 Å². The summed E-state index contributed by atoms with van der Waals surface area (Å²) in [7, 11) is 0. The second-order valence-corrected chi connectivity index (χ2v) is 3.70. The molecule has 0 atom stereocenters. The number of nitrogens with zero attached hydrogens (tertiary/aromatic N) is 1. The Morgan fingerprint density at radius 2 is 2.22 bits per heavy atom. The maximum Gasteiger partial charge on any atom is 0.305 e. The summed E-state index contributed by atoms with van der Waals surface area (Å²) >= 11 is 0. The van der Waals surface area contributed by atoms with E-state index in [1.807, 2.05) is 6.92 Å². The van der Waals surface area contributed by atoms with Gasteiger partial charge in [-0.25, -0.2) is 0 Å². The first-order chi connectivity index (χ1) is 8.61. The highest BCUT2D eigenvalue weighted by molar-refractivity contribution is 5.95. The van der Waals surface area contributed by atoms with Crippen LogP contribution < -0.4 is 5.32 Å². The number of ether oxygens (including phenoxy) is 1. The number of carboxylic acids is 1. The molecule has 0 fully saturated rings. The average Bonchev–Trinajstić information content (AvgIpc) is 2.33. The van der Waals surface area contributed by atoms with Gasteiger partial charge in [0.15, 0.2) is 0 Å². The number of nitrogens with one attached hydrogen (secondary N) is 1. The summed E-state index contributed by atoms with van der Waals surface area (Å²) in [5.74, 6) is -1.08. The van der Waals surface area contributed by atoms with Crippen LogP contribution in [0.3, 0.4) is 0 Å². The molecule has 1 amide bonds. The Morgan fingerprint density at radius 3 is 2.89 bits per heavy atom. The summed E-state index contributed by atoms with van der Waals surface area (Å²) < 4.78 is 5.05. The van der Waals surface area contributed by atoms with E-state index in [4.69, 9.17) is 9.84 Å². The summed E-state index contributed by atoms with van der Waals surface area (Å²) in [5, 5.41) is 11.1. The molecule has 0 radical (unpaired) electrons. The standard InChI is InChI=1S/C12H16N2O4/c1-9-8-13-4-2-10(9)12(17)14-5-7-18-6-3-11(15)16/h2,4,8H,3,5-7H2,1H3,(H,14,17)(H,15,16). The molecule has 0 spiro atoms. The molecule has 0 saturated heterocycles. The molecule has 0 aliphatic heterocycles. The number of rotatable bonds is 7. The average molecular weight is 252 g/mol. The van der Waals surface area contributed by atoms with Gasteiger partial charge < -0.3 is 15.2 Å². The van der Waals surface area contributed by atoms with Gasteiger partial charge in [-0.15, -0.1) is 0 Å². The Kier molecular flexibility index (Phi) is 5.79. The van der Waals surface area contributed by atoms with Crippen molar-refractivity contribution in [1.29, 1.82) is 0 Å². The topological polar surface area (TPSA) is 88.5 Å². The molecule has 0 aliphatic rings. The van der Waals surface area contributed by atoms with Crippen molar-refractivity contribution in [2.45, 2.75) is 13.3 Å². The van der Waals surface area contributed by atoms with Gasteiger partial charge in [-0.3, -0.25) is 14.6 Å². The van der Waals surface area contributed by atoms with Gasteiger partial charge in [-0.2, -0.15) is 0 Å². The van der Waals surface area contributed by atoms with E-state index in [1.54, 1.807) is 18.5 Å². The summed E-state index contributed by atoms with van der Waals surface area (Å²) in [5.41, 5.74) is 1.39. The van der Waals surface area contributed by atoms with Gasteiger partial charge in [0.2, 0.25) is 0 Å². The number of pyridine rings is 1. The molecular weight excluding hydrogens is 236 g/mol. The number of hydrogen-bond donors (Lipinski definition) is 2. The molecule has 0 aliphatic carbocycles. The third-order valence-corrected chi connectivity index (χ3v) is 2.26. The van der Waals surface area contributed by atoms with Gasteiger partial charge >= 0.3 is 5.97 Å². The van der Waals surface area contributed by atoms with E-state index in [2.05, 4.69) is 10.3 Å². The fourth-order valence-electron chi connectivity index (χ4n) is 1.32. The van der Waals surface area contributed by atoms with Gasteiger partial charge in [-0.05, 0) is 18.6 Å². The van der Waals surface area contributed by atoms with Gasteiger partial charge in [0.1, 0.15) is 0 Å². The van der Waals surface area contributed by atoms with Crippen LogP contribution in [-0.2, 0) is 9.53 Å². The van der Waals surface area contributed by atoms with Crippen LogP contribution in [0.15, 0.2) is 18.5 Å². The highest BCUT2D eigenvalue weighted by Gasteiger charge is 2.07. The third-order valence-electron chi connectivity index (χ3n) is 2.26. The lowest BCUT2D eigenvalue weighted by Gasteiger charge is -2.07. The summed E-state index contributed by atoms with van der Waals surface area (Å²) in [6.07, 6.45) is 3.15. The zero-order valence-electron chi connectivity index (χ0n) is 10.2. The molecule has 0 aromatic carbocycles. The molecule has 1 aromatic heterocycles. The van der Waals surface area contributed by atoms with Crippen molar-refractivity contribution in [2.24, 2.45) is 0 Å². The van der Waals surface area contributed by atoms with Crippen LogP contribution in [0.25, 0.3) is 0 Å². The highest BCUT2D eigenvalue weighted by Crippen LogP contribution is 2.03. The molecule has 1 aromatic rings. The molecule has 2 N–H and O–H groups in total. The van der Waals surface area contributed by atoms with E-state index >= 15 is 0 Å². The van der Waals surface area contributed by atoms with Crippen molar-refractivity contribution >= 4 is 11.9 Å². The molecule has 98 valence electrons. The quantitative estimate of drug-likeness (QED) is 0.694. The monoisotopic (exact) mass is 252 g/mol. The fourth-order valence-corrected chi connectivity index (χ4v) is 1.32. The predicted molar refractivity (Wildman–Crippen MR) is 64.4 cm³/mol. The second-order valence-electron chi connectivity index (χ2n) is 3.70. The number of carboxylic acid groups (broad SMARTS) is 1. The molecular formula is C12H16N2O4. The zero-order chi connectivity index (χ0) is 13.4. The molecule has 18 heavy (non-hydrogen) atoms. The number of carbonyl (C=O) groups excluding carboxylic acids is 1. The Bertz CT molecular complexity index is 420. The van der Waals surface area contributed by atoms with E-state index in [-0.39, 0.29) is 18.9 Å². The lowest BCUT2D eigenvalue weighted by Crippen LogP contribution is -2.28. The maximum absolute atomic E-state index is 11.7. The van der Waals surface area contributed by atoms with Crippen molar-refractivity contribution in [1.82, 2.24) is 10.3 Å². The first kappa shape index (κ1) is 14.1. The molecule has 6 nitrogen and oxygen atoms in total. The fraction of sp³-hybridized carbons (Fsp3) is 0.417. The van der Waals surface area contributed by atoms with Crippen LogP contribution in [-0.4, -0.2) is 41.7 Å². The maximum atomic E-state index is 11.7. The van der Waals surface area contributed by atoms with Gasteiger partial charge in [0.05, 0.1) is 19.6 Å². The van der Waals surface area contributed by atoms with E-state index in [1.165, 1.54) is 0 Å². The number of aryl methyl sites for hydroxylation is 1. The van der Waals surface area contributed by atoms with Crippen molar-refractivity contribution in [3.05, 3.63) is 29.6 Å². The van der Waals surface area contributed by atoms with E-state index in [9.17, 15) is 9.59 Å². The summed E-state index contributed by atoms with van der Waals surface area (Å²) in [6.45, 7) is 2.61. The molecule has 1 rings (SSSR count). The molecule has 0 saturated carbocycles. The van der Waals surface area contributed by atoms with Crippen LogP contribution in [0, 0.1) is 6.92 Å². The zero-order valence-corrected chi connectivity index (χ0v) is 10.2. The smallest absolute Gasteiger partial charge is 0.305 e. The number of amides is 1. The highest BCUT2D eigenvalue weighted by atomic mass is 16.5. The van der Waals surface area contributed by atoms with Crippen LogP contribution in [0.4, 0.5) is 0 Å². The van der Waals surface area contributed by atoms with Crippen molar-refractivity contribution in [3.8, 4) is 0 Å². The SMILES string of the molecule is Cc1cnccc1C(=O)NCCOCCC(=O)O. The van der Waals surface area contributed by atoms with Crippen LogP contribution in [0.2, 0.25) is 0 Å². The van der Waals surface area contributed by atoms with Crippen LogP contribution in [0.5, 0.6) is 0 Å². The molecule has 0 unspecified atom stereocenters. The normalized spacial score (nSPS) is 10.1. The second kappa shape index (κ2) is 7.39. The minimum absolute atomic E-state index is 0.0303. The largest absolute Gasteiger partial charge is 0.481 e. The molecule has 1 heterocycles. The van der Waals surface area contributed by atoms with E-state index in [0.717, 1.165) is 5.56 Å². The minimum atomic E-state index is -0.897. The minimum Gasteiger partial charge on any atom is -0.481 e. The van der Waals surface area contributed by atoms with E-state index < -0.39 is 5.97 Å². The third kappa shape index (κ3) is 4.92. The number of carbonyl (C=O) groups is 2. The van der Waals surface area contributed by atoms with Crippen molar-refractivity contribution in [2.75, 3.05) is 19.8 Å². The van der Waals surface area contributed by atoms with Gasteiger partial charge in [-0.1, -0.05) is 0 Å². The number of aromatic nitrogens is 1. The predicted octanol–water partition coefficient (Wildman–Crippen LogP) is 0.611. The first-order valence-corrected chi connectivity index (χ1v) is 5.59. The Labute approximate surface area is 105 Å². The first-order valence-electron chi connectivity index (χ1n) is 5.59. The lowest BCUT2D eigenvalue weighted by molar-refractivity contribution is -0.138.